The number of carbonyl (C=O) groups excluding carboxylic acids is 1. The highest BCUT2D eigenvalue weighted by molar-refractivity contribution is 7.80. The van der Waals surface area contributed by atoms with Crippen LogP contribution in [0.2, 0.25) is 0 Å². The normalized spacial score (nSPS) is 21.6. The molecule has 1 aliphatic heterocycles. The van der Waals surface area contributed by atoms with Gasteiger partial charge in [-0.05, 0) is 25.0 Å². The Morgan fingerprint density at radius 2 is 2.05 bits per heavy atom. The average Bonchev–Trinajstić information content (AvgIpc) is 2.92. The number of nitrogens with one attached hydrogen (secondary N) is 1. The first-order valence-electron chi connectivity index (χ1n) is 6.91. The summed E-state index contributed by atoms with van der Waals surface area (Å²) in [5.41, 5.74) is 6.92. The third-order valence-corrected chi connectivity index (χ3v) is 3.94. The molecule has 1 fully saturated rings. The van der Waals surface area contributed by atoms with E-state index in [2.05, 4.69) is 12.2 Å². The molecule has 1 aliphatic rings. The van der Waals surface area contributed by atoms with Crippen LogP contribution in [0.1, 0.15) is 35.7 Å². The Morgan fingerprint density at radius 1 is 1.40 bits per heavy atom. The predicted octanol–water partition coefficient (Wildman–Crippen LogP) is 1.87. The number of ether oxygens (including phenoxy) is 1. The number of nitrogens with two attached hydrogens (primary N) is 1. The topological polar surface area (TPSA) is 64.3 Å². The number of rotatable bonds is 5. The molecule has 1 aromatic rings. The van der Waals surface area contributed by atoms with Crippen molar-refractivity contribution in [2.45, 2.75) is 25.9 Å². The van der Waals surface area contributed by atoms with Crippen molar-refractivity contribution in [1.29, 1.82) is 0 Å². The lowest BCUT2D eigenvalue weighted by molar-refractivity contribution is 0.0827. The second kappa shape index (κ2) is 6.81. The second-order valence-electron chi connectivity index (χ2n) is 5.02. The molecule has 20 heavy (non-hydrogen) atoms. The lowest BCUT2D eigenvalue weighted by Crippen LogP contribution is -2.32. The van der Waals surface area contributed by atoms with Crippen molar-refractivity contribution in [2.75, 3.05) is 13.2 Å². The fraction of sp³-hybridized carbons (Fsp3) is 0.467. The quantitative estimate of drug-likeness (QED) is 0.813. The maximum atomic E-state index is 12.1. The van der Waals surface area contributed by atoms with Gasteiger partial charge in [-0.25, -0.2) is 0 Å². The molecule has 4 nitrogen and oxygen atoms in total. The van der Waals surface area contributed by atoms with Crippen molar-refractivity contribution >= 4 is 23.1 Å². The zero-order valence-corrected chi connectivity index (χ0v) is 12.4. The third-order valence-electron chi connectivity index (χ3n) is 3.71. The molecule has 2 atom stereocenters. The van der Waals surface area contributed by atoms with Crippen LogP contribution in [0.15, 0.2) is 24.3 Å². The van der Waals surface area contributed by atoms with Gasteiger partial charge in [-0.2, -0.15) is 0 Å². The maximum absolute atomic E-state index is 12.1. The first-order valence-corrected chi connectivity index (χ1v) is 7.32. The van der Waals surface area contributed by atoms with Crippen LogP contribution in [-0.2, 0) is 4.74 Å². The van der Waals surface area contributed by atoms with Crippen LogP contribution < -0.4 is 11.1 Å². The molecule has 3 N–H and O–H groups in total. The summed E-state index contributed by atoms with van der Waals surface area (Å²) in [6, 6.07) is 7.02. The molecule has 0 aromatic heterocycles. The van der Waals surface area contributed by atoms with E-state index in [1.807, 2.05) is 0 Å². The third kappa shape index (κ3) is 3.55. The predicted molar refractivity (Wildman–Crippen MR) is 82.8 cm³/mol. The Bertz CT molecular complexity index is 487. The van der Waals surface area contributed by atoms with Gasteiger partial charge in [0, 0.05) is 30.2 Å². The monoisotopic (exact) mass is 292 g/mol. The van der Waals surface area contributed by atoms with Crippen LogP contribution in [0.25, 0.3) is 0 Å². The Hall–Kier alpha value is -1.46. The van der Waals surface area contributed by atoms with Gasteiger partial charge < -0.3 is 15.8 Å². The van der Waals surface area contributed by atoms with Crippen LogP contribution in [0.4, 0.5) is 0 Å². The second-order valence-corrected chi connectivity index (χ2v) is 5.46. The molecule has 1 aromatic carbocycles. The van der Waals surface area contributed by atoms with E-state index >= 15 is 0 Å². The van der Waals surface area contributed by atoms with E-state index in [1.54, 1.807) is 24.3 Å². The lowest BCUT2D eigenvalue weighted by atomic mass is 9.99. The molecule has 0 radical (unpaired) electrons. The van der Waals surface area contributed by atoms with Gasteiger partial charge >= 0.3 is 0 Å². The zero-order valence-electron chi connectivity index (χ0n) is 11.6. The fourth-order valence-electron chi connectivity index (χ4n) is 2.49. The van der Waals surface area contributed by atoms with E-state index in [9.17, 15) is 4.79 Å². The van der Waals surface area contributed by atoms with E-state index in [0.717, 1.165) is 25.0 Å². The smallest absolute Gasteiger partial charge is 0.251 e. The van der Waals surface area contributed by atoms with Crippen molar-refractivity contribution in [3.05, 3.63) is 35.4 Å². The minimum absolute atomic E-state index is 0.0683. The first kappa shape index (κ1) is 14.9. The summed E-state index contributed by atoms with van der Waals surface area (Å²) in [7, 11) is 0. The summed E-state index contributed by atoms with van der Waals surface area (Å²) in [4.78, 5) is 12.4. The molecular weight excluding hydrogens is 272 g/mol. The molecule has 0 spiro atoms. The average molecular weight is 292 g/mol. The Balaban J connectivity index is 1.90. The molecule has 2 unspecified atom stereocenters. The Morgan fingerprint density at radius 3 is 2.65 bits per heavy atom. The number of carbonyl (C=O) groups is 1. The van der Waals surface area contributed by atoms with Gasteiger partial charge in [-0.3, -0.25) is 4.79 Å². The number of hydrogen-bond donors (Lipinski definition) is 2. The van der Waals surface area contributed by atoms with Crippen LogP contribution in [0.3, 0.4) is 0 Å². The van der Waals surface area contributed by atoms with Crippen molar-refractivity contribution in [3.63, 3.8) is 0 Å². The van der Waals surface area contributed by atoms with Gasteiger partial charge in [0.15, 0.2) is 0 Å². The van der Waals surface area contributed by atoms with Gasteiger partial charge in [-0.15, -0.1) is 0 Å². The van der Waals surface area contributed by atoms with Gasteiger partial charge in [0.2, 0.25) is 0 Å². The van der Waals surface area contributed by atoms with E-state index in [0.29, 0.717) is 23.0 Å². The molecule has 0 saturated carbocycles. The van der Waals surface area contributed by atoms with Crippen molar-refractivity contribution in [2.24, 2.45) is 11.7 Å². The van der Waals surface area contributed by atoms with Crippen LogP contribution in [0, 0.1) is 5.92 Å². The number of thiocarbonyl (C=S) groups is 1. The molecule has 108 valence electrons. The SMILES string of the molecule is CCC1OCCC1CNC(=O)c1ccc(C(N)=S)cc1. The summed E-state index contributed by atoms with van der Waals surface area (Å²) in [6.07, 6.45) is 2.27. The van der Waals surface area contributed by atoms with E-state index in [4.69, 9.17) is 22.7 Å². The minimum Gasteiger partial charge on any atom is -0.389 e. The molecule has 1 saturated heterocycles. The molecule has 1 amide bonds. The number of benzene rings is 1. The molecular formula is C15H20N2O2S. The van der Waals surface area contributed by atoms with Crippen molar-refractivity contribution < 1.29 is 9.53 Å². The minimum atomic E-state index is -0.0683. The van der Waals surface area contributed by atoms with E-state index in [-0.39, 0.29) is 12.0 Å². The van der Waals surface area contributed by atoms with E-state index in [1.165, 1.54) is 0 Å². The lowest BCUT2D eigenvalue weighted by Gasteiger charge is -2.17. The van der Waals surface area contributed by atoms with Crippen molar-refractivity contribution in [1.82, 2.24) is 5.32 Å². The maximum Gasteiger partial charge on any atom is 0.251 e. The standard InChI is InChI=1S/C15H20N2O2S/c1-2-13-12(7-8-19-13)9-17-15(18)11-5-3-10(4-6-11)14(16)20/h3-6,12-13H,2,7-9H2,1H3,(H2,16,20)(H,17,18). The highest BCUT2D eigenvalue weighted by Crippen LogP contribution is 2.22. The summed E-state index contributed by atoms with van der Waals surface area (Å²) in [5, 5.41) is 2.97. The molecule has 2 rings (SSSR count). The Labute approximate surface area is 124 Å². The van der Waals surface area contributed by atoms with Crippen molar-refractivity contribution in [3.8, 4) is 0 Å². The molecule has 0 aliphatic carbocycles. The summed E-state index contributed by atoms with van der Waals surface area (Å²) in [5.74, 6) is 0.348. The van der Waals surface area contributed by atoms with Gasteiger partial charge in [0.05, 0.1) is 6.10 Å². The van der Waals surface area contributed by atoms with E-state index < -0.39 is 0 Å². The van der Waals surface area contributed by atoms with Gasteiger partial charge in [-0.1, -0.05) is 31.3 Å². The summed E-state index contributed by atoms with van der Waals surface area (Å²) < 4.78 is 5.62. The van der Waals surface area contributed by atoms with Crippen LogP contribution in [-0.4, -0.2) is 30.2 Å². The summed E-state index contributed by atoms with van der Waals surface area (Å²) in [6.45, 7) is 3.56. The molecule has 0 bridgehead atoms. The molecule has 5 heteroatoms. The zero-order chi connectivity index (χ0) is 14.5. The molecule has 1 heterocycles. The summed E-state index contributed by atoms with van der Waals surface area (Å²) >= 11 is 4.88. The van der Waals surface area contributed by atoms with Crippen LogP contribution >= 0.6 is 12.2 Å². The Kier molecular flexibility index (Phi) is 5.09. The number of hydrogen-bond acceptors (Lipinski definition) is 3. The largest absolute Gasteiger partial charge is 0.389 e. The fourth-order valence-corrected chi connectivity index (χ4v) is 2.63. The highest BCUT2D eigenvalue weighted by Gasteiger charge is 2.26. The van der Waals surface area contributed by atoms with Gasteiger partial charge in [0.1, 0.15) is 4.99 Å². The van der Waals surface area contributed by atoms with Crippen LogP contribution in [0.5, 0.6) is 0 Å². The first-order chi connectivity index (χ1) is 9.61. The van der Waals surface area contributed by atoms with Gasteiger partial charge in [0.25, 0.3) is 5.91 Å². The number of amides is 1. The highest BCUT2D eigenvalue weighted by atomic mass is 32.1.